The number of amides is 1. The van der Waals surface area contributed by atoms with E-state index in [1.807, 2.05) is 13.8 Å². The van der Waals surface area contributed by atoms with Crippen LogP contribution in [0.3, 0.4) is 0 Å². The van der Waals surface area contributed by atoms with Crippen LogP contribution in [-0.4, -0.2) is 23.4 Å². The third-order valence-electron chi connectivity index (χ3n) is 3.94. The van der Waals surface area contributed by atoms with Crippen molar-refractivity contribution in [3.8, 4) is 0 Å². The number of hydrogen-bond acceptors (Lipinski definition) is 6. The monoisotopic (exact) mass is 376 g/mol. The smallest absolute Gasteiger partial charge is 0.341 e. The van der Waals surface area contributed by atoms with Gasteiger partial charge in [-0.2, -0.15) is 0 Å². The summed E-state index contributed by atoms with van der Waals surface area (Å²) < 4.78 is 5.11. The predicted octanol–water partition coefficient (Wildman–Crippen LogP) is 4.26. The Hall–Kier alpha value is -2.74. The molecule has 0 radical (unpaired) electrons. The number of nitrogens with one attached hydrogen (secondary N) is 1. The van der Waals surface area contributed by atoms with Crippen molar-refractivity contribution in [1.29, 1.82) is 0 Å². The fourth-order valence-electron chi connectivity index (χ4n) is 2.63. The van der Waals surface area contributed by atoms with Crippen LogP contribution in [0, 0.1) is 24.0 Å². The van der Waals surface area contributed by atoms with Crippen LogP contribution in [0.2, 0.25) is 0 Å². The molecule has 0 aliphatic carbocycles. The highest BCUT2D eigenvalue weighted by Gasteiger charge is 2.24. The Morgan fingerprint density at radius 2 is 1.96 bits per heavy atom. The molecule has 0 saturated heterocycles. The van der Waals surface area contributed by atoms with Gasteiger partial charge in [0.2, 0.25) is 0 Å². The van der Waals surface area contributed by atoms with E-state index in [1.54, 1.807) is 13.8 Å². The van der Waals surface area contributed by atoms with E-state index in [1.165, 1.54) is 29.5 Å². The normalized spacial score (nSPS) is 10.5. The van der Waals surface area contributed by atoms with E-state index < -0.39 is 16.8 Å². The van der Waals surface area contributed by atoms with Gasteiger partial charge < -0.3 is 10.1 Å². The molecule has 0 atom stereocenters. The van der Waals surface area contributed by atoms with Crippen LogP contribution in [0.1, 0.15) is 50.6 Å². The number of rotatable bonds is 6. The van der Waals surface area contributed by atoms with Gasteiger partial charge in [-0.3, -0.25) is 14.9 Å². The molecule has 1 aromatic heterocycles. The maximum absolute atomic E-state index is 12.6. The molecule has 26 heavy (non-hydrogen) atoms. The number of hydrogen-bond donors (Lipinski definition) is 1. The second-order valence-electron chi connectivity index (χ2n) is 5.63. The molecule has 2 rings (SSSR count). The zero-order valence-corrected chi connectivity index (χ0v) is 15.9. The summed E-state index contributed by atoms with van der Waals surface area (Å²) in [4.78, 5) is 36.3. The maximum atomic E-state index is 12.6. The fraction of sp³-hybridized carbons (Fsp3) is 0.333. The van der Waals surface area contributed by atoms with Gasteiger partial charge in [-0.1, -0.05) is 13.0 Å². The molecular weight excluding hydrogens is 356 g/mol. The predicted molar refractivity (Wildman–Crippen MR) is 100 cm³/mol. The summed E-state index contributed by atoms with van der Waals surface area (Å²) in [5.74, 6) is -0.999. The van der Waals surface area contributed by atoms with Crippen LogP contribution in [0.15, 0.2) is 18.2 Å². The number of nitro groups is 1. The molecule has 2 aromatic rings. The molecule has 1 amide bonds. The number of nitro benzene ring substituents is 1. The van der Waals surface area contributed by atoms with Gasteiger partial charge in [-0.15, -0.1) is 11.3 Å². The first-order valence-electron chi connectivity index (χ1n) is 8.15. The molecule has 0 bridgehead atoms. The lowest BCUT2D eigenvalue weighted by Crippen LogP contribution is -2.15. The number of carbonyl (C=O) groups is 2. The number of thiophene rings is 1. The second kappa shape index (κ2) is 8.09. The topological polar surface area (TPSA) is 98.5 Å². The first kappa shape index (κ1) is 19.6. The van der Waals surface area contributed by atoms with Crippen LogP contribution in [0.25, 0.3) is 0 Å². The number of nitrogens with zero attached hydrogens (tertiary/aromatic N) is 1. The zero-order chi connectivity index (χ0) is 19.4. The molecule has 1 aromatic carbocycles. The molecule has 0 fully saturated rings. The van der Waals surface area contributed by atoms with Crippen molar-refractivity contribution >= 4 is 33.9 Å². The van der Waals surface area contributed by atoms with Gasteiger partial charge in [0.05, 0.1) is 17.1 Å². The van der Waals surface area contributed by atoms with E-state index in [2.05, 4.69) is 5.32 Å². The third kappa shape index (κ3) is 3.91. The van der Waals surface area contributed by atoms with Gasteiger partial charge in [-0.05, 0) is 38.8 Å². The summed E-state index contributed by atoms with van der Waals surface area (Å²) >= 11 is 1.29. The third-order valence-corrected chi connectivity index (χ3v) is 5.00. The molecule has 0 unspecified atom stereocenters. The Morgan fingerprint density at radius 3 is 2.54 bits per heavy atom. The summed E-state index contributed by atoms with van der Waals surface area (Å²) in [6.45, 7) is 7.35. The Kier molecular flexibility index (Phi) is 6.10. The molecule has 0 aliphatic heterocycles. The number of aryl methyl sites for hydroxylation is 2. The van der Waals surface area contributed by atoms with Gasteiger partial charge >= 0.3 is 5.97 Å². The van der Waals surface area contributed by atoms with Crippen LogP contribution in [0.4, 0.5) is 10.7 Å². The number of esters is 1. The van der Waals surface area contributed by atoms with Crippen molar-refractivity contribution in [2.45, 2.75) is 34.1 Å². The lowest BCUT2D eigenvalue weighted by Gasteiger charge is -2.08. The molecule has 1 heterocycles. The van der Waals surface area contributed by atoms with Crippen molar-refractivity contribution in [2.75, 3.05) is 11.9 Å². The van der Waals surface area contributed by atoms with Crippen LogP contribution >= 0.6 is 11.3 Å². The summed E-state index contributed by atoms with van der Waals surface area (Å²) in [6, 6.07) is 4.27. The Bertz CT molecular complexity index is 873. The molecule has 0 saturated carbocycles. The maximum Gasteiger partial charge on any atom is 0.341 e. The number of anilines is 1. The lowest BCUT2D eigenvalue weighted by molar-refractivity contribution is -0.385. The van der Waals surface area contributed by atoms with E-state index in [0.717, 1.165) is 10.4 Å². The van der Waals surface area contributed by atoms with E-state index >= 15 is 0 Å². The van der Waals surface area contributed by atoms with Crippen molar-refractivity contribution in [3.63, 3.8) is 0 Å². The molecular formula is C18H20N2O5S. The van der Waals surface area contributed by atoms with E-state index in [0.29, 0.717) is 22.5 Å². The van der Waals surface area contributed by atoms with E-state index in [9.17, 15) is 19.7 Å². The minimum atomic E-state index is -0.527. The summed E-state index contributed by atoms with van der Waals surface area (Å²) in [7, 11) is 0. The second-order valence-corrected chi connectivity index (χ2v) is 6.85. The summed E-state index contributed by atoms with van der Waals surface area (Å²) in [5, 5.41) is 14.2. The molecule has 0 spiro atoms. The highest BCUT2D eigenvalue weighted by Crippen LogP contribution is 2.34. The quantitative estimate of drug-likeness (QED) is 0.461. The molecule has 8 heteroatoms. The summed E-state index contributed by atoms with van der Waals surface area (Å²) in [6.07, 6.45) is 0.627. The van der Waals surface area contributed by atoms with Gasteiger partial charge in [-0.25, -0.2) is 4.79 Å². The van der Waals surface area contributed by atoms with Crippen molar-refractivity contribution in [1.82, 2.24) is 0 Å². The van der Waals surface area contributed by atoms with Crippen molar-refractivity contribution in [2.24, 2.45) is 0 Å². The van der Waals surface area contributed by atoms with Crippen LogP contribution in [-0.2, 0) is 11.2 Å². The lowest BCUT2D eigenvalue weighted by atomic mass is 10.1. The molecule has 0 aliphatic rings. The van der Waals surface area contributed by atoms with Gasteiger partial charge in [0.15, 0.2) is 0 Å². The molecule has 7 nitrogen and oxygen atoms in total. The van der Waals surface area contributed by atoms with Gasteiger partial charge in [0, 0.05) is 22.1 Å². The van der Waals surface area contributed by atoms with E-state index in [-0.39, 0.29) is 17.9 Å². The fourth-order valence-corrected chi connectivity index (χ4v) is 3.76. The van der Waals surface area contributed by atoms with Crippen molar-refractivity contribution < 1.29 is 19.2 Å². The number of benzene rings is 1. The highest BCUT2D eigenvalue weighted by atomic mass is 32.1. The Labute approximate surface area is 155 Å². The highest BCUT2D eigenvalue weighted by molar-refractivity contribution is 7.16. The minimum Gasteiger partial charge on any atom is -0.462 e. The Morgan fingerprint density at radius 1 is 1.27 bits per heavy atom. The van der Waals surface area contributed by atoms with Gasteiger partial charge in [0.25, 0.3) is 11.6 Å². The SMILES string of the molecule is CCOC(=O)c1c(NC(=O)c2ccc(C)c([N+](=O)[O-])c2)sc(C)c1CC. The van der Waals surface area contributed by atoms with Crippen molar-refractivity contribution in [3.05, 3.63) is 55.4 Å². The summed E-state index contributed by atoms with van der Waals surface area (Å²) in [5.41, 5.74) is 1.69. The first-order chi connectivity index (χ1) is 12.3. The Balaban J connectivity index is 2.39. The van der Waals surface area contributed by atoms with Crippen LogP contribution < -0.4 is 5.32 Å². The number of ether oxygens (including phenoxy) is 1. The molecule has 138 valence electrons. The average Bonchev–Trinajstić information content (AvgIpc) is 2.90. The largest absolute Gasteiger partial charge is 0.462 e. The van der Waals surface area contributed by atoms with Gasteiger partial charge in [0.1, 0.15) is 5.00 Å². The average molecular weight is 376 g/mol. The standard InChI is InChI=1S/C18H20N2O5S/c1-5-13-11(4)26-17(15(13)18(22)25-6-2)19-16(21)12-8-7-10(3)14(9-12)20(23)24/h7-9H,5-6H2,1-4H3,(H,19,21). The number of carbonyl (C=O) groups excluding carboxylic acids is 2. The zero-order valence-electron chi connectivity index (χ0n) is 15.0. The first-order valence-corrected chi connectivity index (χ1v) is 8.97. The van der Waals surface area contributed by atoms with E-state index in [4.69, 9.17) is 4.74 Å². The molecule has 1 N–H and O–H groups in total. The van der Waals surface area contributed by atoms with Crippen LogP contribution in [0.5, 0.6) is 0 Å². The minimum absolute atomic E-state index is 0.125.